The zero-order valence-corrected chi connectivity index (χ0v) is 24.8. The number of H-pyrrole nitrogens is 1. The molecule has 1 heterocycles. The summed E-state index contributed by atoms with van der Waals surface area (Å²) in [5.41, 5.74) is 6.74. The molecule has 0 radical (unpaired) electrons. The van der Waals surface area contributed by atoms with E-state index in [-0.39, 0.29) is 30.6 Å². The molecule has 0 aliphatic rings. The summed E-state index contributed by atoms with van der Waals surface area (Å²) in [6, 6.07) is 7.32. The van der Waals surface area contributed by atoms with Gasteiger partial charge in [0.1, 0.15) is 5.54 Å². The number of methoxy groups -OCH3 is 2. The van der Waals surface area contributed by atoms with E-state index in [4.69, 9.17) is 19.9 Å². The number of carbonyl (C=O) groups excluding carboxylic acids is 1. The average Bonchev–Trinajstić information content (AvgIpc) is 3.23. The van der Waals surface area contributed by atoms with E-state index in [0.29, 0.717) is 48.5 Å². The number of amides is 1. The molecular formula is C30H49N3O7. The quantitative estimate of drug-likeness (QED) is 0.149. The molecule has 0 aliphatic heterocycles. The summed E-state index contributed by atoms with van der Waals surface area (Å²) in [7, 11) is 3.29. The summed E-state index contributed by atoms with van der Waals surface area (Å²) in [6.45, 7) is 9.20. The van der Waals surface area contributed by atoms with Gasteiger partial charge in [-0.15, -0.1) is 0 Å². The van der Waals surface area contributed by atoms with Crippen molar-refractivity contribution in [3.8, 4) is 23.3 Å². The topological polar surface area (TPSA) is 159 Å². The molecule has 0 bridgehead atoms. The maximum absolute atomic E-state index is 13.1. The van der Waals surface area contributed by atoms with Gasteiger partial charge in [-0.25, -0.2) is 0 Å². The van der Waals surface area contributed by atoms with Crippen molar-refractivity contribution in [1.82, 2.24) is 10.3 Å². The van der Waals surface area contributed by atoms with E-state index in [2.05, 4.69) is 24.1 Å². The number of aromatic amines is 1. The molecule has 2 rings (SSSR count). The van der Waals surface area contributed by atoms with Crippen molar-refractivity contribution >= 4 is 5.91 Å². The first kappa shape index (κ1) is 33.3. The van der Waals surface area contributed by atoms with Crippen LogP contribution in [0.3, 0.4) is 0 Å². The van der Waals surface area contributed by atoms with Gasteiger partial charge in [-0.1, -0.05) is 33.8 Å². The molecule has 7 N–H and O–H groups in total. The number of aliphatic hydroxyl groups is 1. The van der Waals surface area contributed by atoms with E-state index >= 15 is 0 Å². The van der Waals surface area contributed by atoms with Gasteiger partial charge in [0.15, 0.2) is 23.3 Å². The Labute approximate surface area is 238 Å². The first-order valence-corrected chi connectivity index (χ1v) is 14.0. The third kappa shape index (κ3) is 9.60. The van der Waals surface area contributed by atoms with Crippen molar-refractivity contribution in [1.29, 1.82) is 0 Å². The van der Waals surface area contributed by atoms with E-state index in [1.807, 2.05) is 32.0 Å². The number of nitrogens with one attached hydrogen (secondary N) is 2. The van der Waals surface area contributed by atoms with E-state index in [1.165, 1.54) is 6.07 Å². The van der Waals surface area contributed by atoms with Crippen molar-refractivity contribution in [3.63, 3.8) is 0 Å². The van der Waals surface area contributed by atoms with Crippen LogP contribution in [0.25, 0.3) is 0 Å². The Morgan fingerprint density at radius 1 is 1.07 bits per heavy atom. The molecule has 1 aromatic heterocycles. The number of rotatable bonds is 18. The van der Waals surface area contributed by atoms with Gasteiger partial charge >= 0.3 is 0 Å². The van der Waals surface area contributed by atoms with Crippen molar-refractivity contribution in [3.05, 3.63) is 35.4 Å². The molecule has 10 heteroatoms. The van der Waals surface area contributed by atoms with Crippen molar-refractivity contribution < 1.29 is 34.3 Å². The average molecular weight is 564 g/mol. The second-order valence-corrected chi connectivity index (χ2v) is 11.2. The van der Waals surface area contributed by atoms with E-state index in [0.717, 1.165) is 24.8 Å². The Hall–Kier alpha value is -2.95. The van der Waals surface area contributed by atoms with Crippen LogP contribution in [0.1, 0.15) is 64.5 Å². The molecule has 0 unspecified atom stereocenters. The molecule has 3 atom stereocenters. The molecule has 10 nitrogen and oxygen atoms in total. The number of hydrogen-bond donors (Lipinski definition) is 6. The first-order valence-electron chi connectivity index (χ1n) is 14.0. The van der Waals surface area contributed by atoms with Gasteiger partial charge in [0, 0.05) is 44.7 Å². The Morgan fingerprint density at radius 3 is 2.38 bits per heavy atom. The van der Waals surface area contributed by atoms with Gasteiger partial charge in [0.2, 0.25) is 5.91 Å². The molecule has 226 valence electrons. The molecule has 0 fully saturated rings. The van der Waals surface area contributed by atoms with Crippen LogP contribution in [0.4, 0.5) is 0 Å². The van der Waals surface area contributed by atoms with Crippen LogP contribution in [0.2, 0.25) is 0 Å². The fraction of sp³-hybridized carbons (Fsp3) is 0.633. The summed E-state index contributed by atoms with van der Waals surface area (Å²) in [5.74, 6) is 1.00. The van der Waals surface area contributed by atoms with Gasteiger partial charge in [0.25, 0.3) is 0 Å². The molecule has 1 aromatic carbocycles. The third-order valence-corrected chi connectivity index (χ3v) is 7.62. The van der Waals surface area contributed by atoms with E-state index in [9.17, 15) is 20.1 Å². The fourth-order valence-corrected chi connectivity index (χ4v) is 4.76. The van der Waals surface area contributed by atoms with Gasteiger partial charge in [0.05, 0.1) is 19.8 Å². The predicted octanol–water partition coefficient (Wildman–Crippen LogP) is 3.87. The summed E-state index contributed by atoms with van der Waals surface area (Å²) in [4.78, 5) is 15.5. The summed E-state index contributed by atoms with van der Waals surface area (Å²) >= 11 is 0. The maximum atomic E-state index is 13.1. The molecule has 40 heavy (non-hydrogen) atoms. The lowest BCUT2D eigenvalue weighted by atomic mass is 9.79. The zero-order valence-electron chi connectivity index (χ0n) is 24.8. The van der Waals surface area contributed by atoms with Crippen molar-refractivity contribution in [2.45, 2.75) is 78.0 Å². The number of hydrogen-bond acceptors (Lipinski definition) is 8. The second kappa shape index (κ2) is 15.7. The molecule has 1 amide bonds. The van der Waals surface area contributed by atoms with Crippen LogP contribution in [-0.4, -0.2) is 65.3 Å². The van der Waals surface area contributed by atoms with Crippen LogP contribution in [0, 0.1) is 17.8 Å². The van der Waals surface area contributed by atoms with Crippen LogP contribution < -0.4 is 20.5 Å². The minimum Gasteiger partial charge on any atom is -0.495 e. The minimum atomic E-state index is -1.30. The monoisotopic (exact) mass is 563 g/mol. The lowest BCUT2D eigenvalue weighted by Gasteiger charge is -2.34. The normalized spacial score (nSPS) is 14.7. The van der Waals surface area contributed by atoms with E-state index in [1.54, 1.807) is 14.2 Å². The van der Waals surface area contributed by atoms with E-state index < -0.39 is 17.6 Å². The molecule has 0 saturated carbocycles. The second-order valence-electron chi connectivity index (χ2n) is 11.2. The SMILES string of the molecule is COCCCOc1cc(C[C@H](CC[C@H](O)C[C@@](N)(C(=O)NCc2cc(O)[nH]c2O)C(C)C)C(C)C)ccc1OC. The van der Waals surface area contributed by atoms with Gasteiger partial charge in [-0.2, -0.15) is 0 Å². The van der Waals surface area contributed by atoms with Crippen LogP contribution in [0.15, 0.2) is 24.3 Å². The highest BCUT2D eigenvalue weighted by atomic mass is 16.5. The summed E-state index contributed by atoms with van der Waals surface area (Å²) in [6.07, 6.45) is 2.21. The molecule has 0 spiro atoms. The Morgan fingerprint density at radius 2 is 1.80 bits per heavy atom. The Kier molecular flexibility index (Phi) is 13.1. The number of nitrogens with two attached hydrogens (primary N) is 1. The zero-order chi connectivity index (χ0) is 29.9. The Bertz CT molecular complexity index is 1060. The van der Waals surface area contributed by atoms with Gasteiger partial charge < -0.3 is 40.6 Å². The molecule has 0 saturated heterocycles. The molecular weight excluding hydrogens is 514 g/mol. The van der Waals surface area contributed by atoms with Gasteiger partial charge in [-0.05, 0) is 54.7 Å². The van der Waals surface area contributed by atoms with Crippen LogP contribution >= 0.6 is 0 Å². The summed E-state index contributed by atoms with van der Waals surface area (Å²) < 4.78 is 16.5. The minimum absolute atomic E-state index is 0.00113. The fourth-order valence-electron chi connectivity index (χ4n) is 4.76. The standard InChI is InChI=1S/C30H49N3O7/c1-19(2)22(14-21-8-11-25(39-6)26(15-21)40-13-7-12-38-5)9-10-24(34)17-30(31,20(3)4)29(37)32-18-23-16-27(35)33-28(23)36/h8,11,15-16,19-20,22,24,33-36H,7,9-10,12-14,17-18,31H2,1-6H3,(H,32,37)/t22-,24-,30-/m0/s1. The highest BCUT2D eigenvalue weighted by Crippen LogP contribution is 2.32. The number of aromatic hydroxyl groups is 2. The number of aliphatic hydroxyl groups excluding tert-OH is 1. The largest absolute Gasteiger partial charge is 0.495 e. The number of ether oxygens (including phenoxy) is 3. The van der Waals surface area contributed by atoms with Crippen molar-refractivity contribution in [2.24, 2.45) is 23.5 Å². The predicted molar refractivity (Wildman–Crippen MR) is 155 cm³/mol. The lowest BCUT2D eigenvalue weighted by Crippen LogP contribution is -2.59. The molecule has 2 aromatic rings. The van der Waals surface area contributed by atoms with Crippen molar-refractivity contribution in [2.75, 3.05) is 27.4 Å². The molecule has 0 aliphatic carbocycles. The number of benzene rings is 1. The van der Waals surface area contributed by atoms with Gasteiger partial charge in [-0.3, -0.25) is 9.78 Å². The Balaban J connectivity index is 2.00. The summed E-state index contributed by atoms with van der Waals surface area (Å²) in [5, 5.41) is 33.0. The highest BCUT2D eigenvalue weighted by Gasteiger charge is 2.39. The smallest absolute Gasteiger partial charge is 0.240 e. The van der Waals surface area contributed by atoms with Crippen LogP contribution in [0.5, 0.6) is 23.3 Å². The highest BCUT2D eigenvalue weighted by molar-refractivity contribution is 5.86. The lowest BCUT2D eigenvalue weighted by molar-refractivity contribution is -0.129. The number of carbonyl (C=O) groups is 1. The number of aromatic nitrogens is 1. The third-order valence-electron chi connectivity index (χ3n) is 7.62. The van der Waals surface area contributed by atoms with Crippen LogP contribution in [-0.2, 0) is 22.5 Å². The first-order chi connectivity index (χ1) is 18.9. The maximum Gasteiger partial charge on any atom is 0.240 e.